The van der Waals surface area contributed by atoms with Gasteiger partial charge >= 0.3 is 0 Å². The number of ether oxygens (including phenoxy) is 2. The van der Waals surface area contributed by atoms with Crippen molar-refractivity contribution in [3.05, 3.63) is 48.4 Å². The molecule has 1 amide bonds. The summed E-state index contributed by atoms with van der Waals surface area (Å²) >= 11 is 0. The number of methoxy groups -OCH3 is 2. The maximum Gasteiger partial charge on any atom is 0.225 e. The minimum Gasteiger partial charge on any atom is -0.497 e. The number of nitrogens with zero attached hydrogens (tertiary/aromatic N) is 4. The summed E-state index contributed by atoms with van der Waals surface area (Å²) in [6.45, 7) is 1.96. The third-order valence-corrected chi connectivity index (χ3v) is 5.41. The summed E-state index contributed by atoms with van der Waals surface area (Å²) in [5.41, 5.74) is 3.27. The molecular weight excluding hydrogens is 382 g/mol. The van der Waals surface area contributed by atoms with Gasteiger partial charge in [-0.05, 0) is 31.0 Å². The molecule has 1 fully saturated rings. The Morgan fingerprint density at radius 1 is 1.17 bits per heavy atom. The molecule has 0 unspecified atom stereocenters. The lowest BCUT2D eigenvalue weighted by Crippen LogP contribution is -2.43. The average Bonchev–Trinajstić information content (AvgIpc) is 2.82. The quantitative estimate of drug-likeness (QED) is 0.672. The summed E-state index contributed by atoms with van der Waals surface area (Å²) < 4.78 is 10.6. The normalized spacial score (nSPS) is 16.3. The van der Waals surface area contributed by atoms with Crippen molar-refractivity contribution in [3.63, 3.8) is 0 Å². The first-order valence-corrected chi connectivity index (χ1v) is 9.98. The van der Waals surface area contributed by atoms with Crippen molar-refractivity contribution >= 4 is 22.8 Å². The van der Waals surface area contributed by atoms with Crippen molar-refractivity contribution in [3.8, 4) is 11.5 Å². The van der Waals surface area contributed by atoms with Crippen LogP contribution in [0.5, 0.6) is 11.5 Å². The number of benzene rings is 1. The Kier molecular flexibility index (Phi) is 5.92. The molecule has 1 N–H and O–H groups in total. The Morgan fingerprint density at radius 3 is 2.87 bits per heavy atom. The fourth-order valence-electron chi connectivity index (χ4n) is 3.77. The molecule has 30 heavy (non-hydrogen) atoms. The predicted molar refractivity (Wildman–Crippen MR) is 114 cm³/mol. The summed E-state index contributed by atoms with van der Waals surface area (Å²) in [6, 6.07) is 7.58. The Bertz CT molecular complexity index is 1040. The van der Waals surface area contributed by atoms with Crippen molar-refractivity contribution < 1.29 is 14.3 Å². The van der Waals surface area contributed by atoms with Crippen LogP contribution in [0, 0.1) is 5.92 Å². The van der Waals surface area contributed by atoms with Crippen LogP contribution in [0.25, 0.3) is 11.2 Å². The van der Waals surface area contributed by atoms with Gasteiger partial charge < -0.3 is 19.7 Å². The monoisotopic (exact) mass is 407 g/mol. The molecule has 3 heterocycles. The molecule has 1 aliphatic heterocycles. The van der Waals surface area contributed by atoms with Crippen LogP contribution in [0.1, 0.15) is 18.4 Å². The van der Waals surface area contributed by atoms with Crippen molar-refractivity contribution in [2.75, 3.05) is 32.2 Å². The molecule has 1 aliphatic rings. The predicted octanol–water partition coefficient (Wildman–Crippen LogP) is 2.57. The van der Waals surface area contributed by atoms with Gasteiger partial charge in [-0.25, -0.2) is 9.97 Å². The van der Waals surface area contributed by atoms with E-state index in [2.05, 4.69) is 25.2 Å². The number of hydrogen-bond donors (Lipinski definition) is 1. The third-order valence-electron chi connectivity index (χ3n) is 5.41. The molecule has 0 saturated carbocycles. The first kappa shape index (κ1) is 19.9. The standard InChI is InChI=1S/C22H25N5O3/c1-29-18-6-5-15(20(11-18)30-2)12-26-22(28)16-4-3-9-27(14-16)17-10-19-21(25-13-17)24-8-7-23-19/h5-8,10-11,13,16H,3-4,9,12,14H2,1-2H3,(H,26,28)/t16-/m0/s1. The van der Waals surface area contributed by atoms with E-state index in [9.17, 15) is 4.79 Å². The minimum absolute atomic E-state index is 0.0473. The van der Waals surface area contributed by atoms with E-state index in [0.29, 0.717) is 24.5 Å². The maximum atomic E-state index is 12.8. The van der Waals surface area contributed by atoms with Crippen LogP contribution in [-0.2, 0) is 11.3 Å². The summed E-state index contributed by atoms with van der Waals surface area (Å²) in [4.78, 5) is 28.0. The molecule has 8 nitrogen and oxygen atoms in total. The fraction of sp³-hybridized carbons (Fsp3) is 0.364. The van der Waals surface area contributed by atoms with Gasteiger partial charge in [0.2, 0.25) is 5.91 Å². The topological polar surface area (TPSA) is 89.5 Å². The third kappa shape index (κ3) is 4.27. The van der Waals surface area contributed by atoms with Gasteiger partial charge in [0.05, 0.1) is 32.0 Å². The van der Waals surface area contributed by atoms with E-state index in [-0.39, 0.29) is 11.8 Å². The SMILES string of the molecule is COc1ccc(CNC(=O)[C@H]2CCCN(c3cnc4nccnc4c3)C2)c(OC)c1. The molecule has 0 bridgehead atoms. The number of amides is 1. The van der Waals surface area contributed by atoms with Gasteiger partial charge in [0.1, 0.15) is 17.0 Å². The van der Waals surface area contributed by atoms with Crippen LogP contribution < -0.4 is 19.7 Å². The Labute approximate surface area is 175 Å². The van der Waals surface area contributed by atoms with E-state index < -0.39 is 0 Å². The molecule has 0 spiro atoms. The first-order chi connectivity index (χ1) is 14.7. The van der Waals surface area contributed by atoms with E-state index in [1.54, 1.807) is 32.8 Å². The summed E-state index contributed by atoms with van der Waals surface area (Å²) in [5, 5.41) is 3.06. The number of carbonyl (C=O) groups is 1. The van der Waals surface area contributed by atoms with Crippen LogP contribution in [-0.4, -0.2) is 48.2 Å². The molecular formula is C22H25N5O3. The van der Waals surface area contributed by atoms with E-state index >= 15 is 0 Å². The van der Waals surface area contributed by atoms with Gasteiger partial charge in [0.25, 0.3) is 0 Å². The largest absolute Gasteiger partial charge is 0.497 e. The number of hydrogen-bond acceptors (Lipinski definition) is 7. The van der Waals surface area contributed by atoms with E-state index in [1.807, 2.05) is 24.3 Å². The fourth-order valence-corrected chi connectivity index (χ4v) is 3.77. The van der Waals surface area contributed by atoms with Gasteiger partial charge in [0.15, 0.2) is 5.65 Å². The lowest BCUT2D eigenvalue weighted by molar-refractivity contribution is -0.125. The van der Waals surface area contributed by atoms with Crippen LogP contribution in [0.3, 0.4) is 0 Å². The maximum absolute atomic E-state index is 12.8. The van der Waals surface area contributed by atoms with Gasteiger partial charge in [-0.15, -0.1) is 0 Å². The molecule has 4 rings (SSSR count). The Hall–Kier alpha value is -3.42. The molecule has 3 aromatic rings. The summed E-state index contributed by atoms with van der Waals surface area (Å²) in [7, 11) is 3.23. The highest BCUT2D eigenvalue weighted by Crippen LogP contribution is 2.26. The molecule has 1 aromatic carbocycles. The van der Waals surface area contributed by atoms with E-state index in [1.165, 1.54) is 0 Å². The first-order valence-electron chi connectivity index (χ1n) is 9.98. The molecule has 0 aliphatic carbocycles. The van der Waals surface area contributed by atoms with Crippen LogP contribution in [0.15, 0.2) is 42.9 Å². The van der Waals surface area contributed by atoms with Crippen molar-refractivity contribution in [1.82, 2.24) is 20.3 Å². The van der Waals surface area contributed by atoms with E-state index in [4.69, 9.17) is 9.47 Å². The van der Waals surface area contributed by atoms with Crippen LogP contribution >= 0.6 is 0 Å². The second-order valence-corrected chi connectivity index (χ2v) is 7.27. The summed E-state index contributed by atoms with van der Waals surface area (Å²) in [5.74, 6) is 1.38. The number of fused-ring (bicyclic) bond motifs is 1. The number of rotatable bonds is 6. The highest BCUT2D eigenvalue weighted by Gasteiger charge is 2.26. The van der Waals surface area contributed by atoms with Crippen LogP contribution in [0.4, 0.5) is 5.69 Å². The zero-order valence-corrected chi connectivity index (χ0v) is 17.2. The number of anilines is 1. The number of pyridine rings is 1. The number of piperidine rings is 1. The van der Waals surface area contributed by atoms with Crippen molar-refractivity contribution in [1.29, 1.82) is 0 Å². The minimum atomic E-state index is -0.0828. The highest BCUT2D eigenvalue weighted by atomic mass is 16.5. The molecule has 0 radical (unpaired) electrons. The van der Waals surface area contributed by atoms with Crippen molar-refractivity contribution in [2.24, 2.45) is 5.92 Å². The van der Waals surface area contributed by atoms with Crippen LogP contribution in [0.2, 0.25) is 0 Å². The molecule has 8 heteroatoms. The number of nitrogens with one attached hydrogen (secondary N) is 1. The van der Waals surface area contributed by atoms with Gasteiger partial charge in [-0.3, -0.25) is 9.78 Å². The van der Waals surface area contributed by atoms with E-state index in [0.717, 1.165) is 41.9 Å². The van der Waals surface area contributed by atoms with Gasteiger partial charge in [-0.2, -0.15) is 0 Å². The van der Waals surface area contributed by atoms with Gasteiger partial charge in [0, 0.05) is 43.7 Å². The highest BCUT2D eigenvalue weighted by molar-refractivity contribution is 5.80. The molecule has 2 aromatic heterocycles. The van der Waals surface area contributed by atoms with Gasteiger partial charge in [-0.1, -0.05) is 0 Å². The smallest absolute Gasteiger partial charge is 0.225 e. The average molecular weight is 407 g/mol. The Balaban J connectivity index is 1.41. The molecule has 1 atom stereocenters. The number of aromatic nitrogens is 3. The zero-order chi connectivity index (χ0) is 20.9. The lowest BCUT2D eigenvalue weighted by Gasteiger charge is -2.33. The zero-order valence-electron chi connectivity index (χ0n) is 17.2. The second-order valence-electron chi connectivity index (χ2n) is 7.27. The molecule has 1 saturated heterocycles. The summed E-state index contributed by atoms with van der Waals surface area (Å²) in [6.07, 6.45) is 6.91. The Morgan fingerprint density at radius 2 is 2.03 bits per heavy atom. The molecule has 156 valence electrons. The lowest BCUT2D eigenvalue weighted by atomic mass is 9.96. The number of carbonyl (C=O) groups excluding carboxylic acids is 1. The second kappa shape index (κ2) is 8.94. The van der Waals surface area contributed by atoms with Crippen molar-refractivity contribution in [2.45, 2.75) is 19.4 Å².